The second-order valence-electron chi connectivity index (χ2n) is 3.90. The van der Waals surface area contributed by atoms with Crippen molar-refractivity contribution in [3.05, 3.63) is 0 Å². The number of rotatable bonds is 2. The highest BCUT2D eigenvalue weighted by molar-refractivity contribution is 9.24. The molecule has 1 unspecified atom stereocenters. The van der Waals surface area contributed by atoms with Gasteiger partial charge in [0.2, 0.25) is 0 Å². The minimum absolute atomic E-state index is 0.381. The molecule has 0 aromatic carbocycles. The maximum Gasteiger partial charge on any atom is 0.112 e. The summed E-state index contributed by atoms with van der Waals surface area (Å²) in [5.74, 6) is 0. The van der Waals surface area contributed by atoms with Crippen molar-refractivity contribution in [2.75, 3.05) is 0 Å². The van der Waals surface area contributed by atoms with Crippen molar-refractivity contribution in [3.63, 3.8) is 0 Å². The van der Waals surface area contributed by atoms with Crippen molar-refractivity contribution in [1.29, 1.82) is 0 Å². The molecule has 3 heteroatoms. The normalized spacial score (nSPS) is 30.3. The van der Waals surface area contributed by atoms with E-state index in [1.54, 1.807) is 36.3 Å². The lowest BCUT2D eigenvalue weighted by Crippen LogP contribution is -2.39. The standard InChI is InChI=1S/C8H19BrSi2/c1-3-11(4-2)7-5-6-10(9)8-11/h10H,3-8H2,1-2H3. The van der Waals surface area contributed by atoms with Crippen LogP contribution in [-0.2, 0) is 0 Å². The number of hydrogen-bond donors (Lipinski definition) is 0. The van der Waals surface area contributed by atoms with Gasteiger partial charge in [-0.2, -0.15) is 0 Å². The van der Waals surface area contributed by atoms with Gasteiger partial charge in [-0.15, -0.1) is 15.3 Å². The smallest absolute Gasteiger partial charge is 0.112 e. The summed E-state index contributed by atoms with van der Waals surface area (Å²) in [6.07, 6.45) is 1.55. The topological polar surface area (TPSA) is 0 Å². The van der Waals surface area contributed by atoms with Crippen LogP contribution in [0.1, 0.15) is 20.3 Å². The molecular weight excluding hydrogens is 232 g/mol. The van der Waals surface area contributed by atoms with Crippen molar-refractivity contribution in [3.8, 4) is 0 Å². The van der Waals surface area contributed by atoms with Crippen molar-refractivity contribution >= 4 is 30.8 Å². The number of halogens is 1. The van der Waals surface area contributed by atoms with E-state index >= 15 is 0 Å². The summed E-state index contributed by atoms with van der Waals surface area (Å²) in [4.78, 5) is 0. The highest BCUT2D eigenvalue weighted by Crippen LogP contribution is 2.36. The molecule has 0 aromatic rings. The van der Waals surface area contributed by atoms with Gasteiger partial charge in [0, 0.05) is 0 Å². The zero-order valence-electron chi connectivity index (χ0n) is 7.70. The first kappa shape index (κ1) is 10.00. The quantitative estimate of drug-likeness (QED) is 0.520. The molecule has 0 N–H and O–H groups in total. The molecule has 1 fully saturated rings. The highest BCUT2D eigenvalue weighted by atomic mass is 79.9. The third kappa shape index (κ3) is 2.42. The molecule has 0 amide bonds. The van der Waals surface area contributed by atoms with Crippen LogP contribution in [0.5, 0.6) is 0 Å². The Balaban J connectivity index is 2.52. The van der Waals surface area contributed by atoms with Crippen molar-refractivity contribution < 1.29 is 0 Å². The fourth-order valence-electron chi connectivity index (χ4n) is 2.26. The first-order chi connectivity index (χ1) is 5.22. The molecule has 1 saturated heterocycles. The predicted molar refractivity (Wildman–Crippen MR) is 61.8 cm³/mol. The van der Waals surface area contributed by atoms with Gasteiger partial charge in [0.15, 0.2) is 0 Å². The third-order valence-electron chi connectivity index (χ3n) is 3.38. The van der Waals surface area contributed by atoms with Gasteiger partial charge in [0.05, 0.1) is 8.07 Å². The Morgan fingerprint density at radius 2 is 2.00 bits per heavy atom. The molecule has 0 saturated carbocycles. The molecule has 0 aromatic heterocycles. The van der Waals surface area contributed by atoms with Crippen LogP contribution in [0.15, 0.2) is 0 Å². The molecule has 0 bridgehead atoms. The Hall–Kier alpha value is 0.914. The van der Waals surface area contributed by atoms with E-state index in [0.29, 0.717) is 0 Å². The van der Waals surface area contributed by atoms with Crippen LogP contribution in [0.4, 0.5) is 0 Å². The monoisotopic (exact) mass is 250 g/mol. The van der Waals surface area contributed by atoms with E-state index in [1.165, 1.54) is 0 Å². The molecule has 1 atom stereocenters. The van der Waals surface area contributed by atoms with Crippen molar-refractivity contribution in [2.24, 2.45) is 0 Å². The van der Waals surface area contributed by atoms with Gasteiger partial charge in [-0.3, -0.25) is 0 Å². The number of hydrogen-bond acceptors (Lipinski definition) is 0. The second kappa shape index (κ2) is 4.24. The van der Waals surface area contributed by atoms with E-state index < -0.39 is 8.07 Å². The largest absolute Gasteiger partial charge is 0.131 e. The lowest BCUT2D eigenvalue weighted by molar-refractivity contribution is 0.971. The lowest BCUT2D eigenvalue weighted by atomic mass is 10.6. The minimum atomic E-state index is -0.679. The summed E-state index contributed by atoms with van der Waals surface area (Å²) in [6, 6.07) is 6.28. The van der Waals surface area contributed by atoms with Gasteiger partial charge in [-0.05, 0) is 0 Å². The van der Waals surface area contributed by atoms with Crippen molar-refractivity contribution in [2.45, 2.75) is 50.1 Å². The van der Waals surface area contributed by atoms with Gasteiger partial charge in [-0.25, -0.2) is 0 Å². The fraction of sp³-hybridized carbons (Fsp3) is 1.00. The first-order valence-corrected chi connectivity index (χ1v) is 12.5. The zero-order chi connectivity index (χ0) is 8.32. The average Bonchev–Trinajstić information content (AvgIpc) is 2.04. The molecule has 11 heavy (non-hydrogen) atoms. The Labute approximate surface area is 81.0 Å². The highest BCUT2D eigenvalue weighted by Gasteiger charge is 2.34. The summed E-state index contributed by atoms with van der Waals surface area (Å²) in [6.45, 7) is 4.85. The van der Waals surface area contributed by atoms with E-state index in [9.17, 15) is 0 Å². The summed E-state index contributed by atoms with van der Waals surface area (Å²) in [5.41, 5.74) is 1.68. The van der Waals surface area contributed by atoms with Crippen molar-refractivity contribution in [1.82, 2.24) is 0 Å². The van der Waals surface area contributed by atoms with Crippen LogP contribution < -0.4 is 0 Å². The Bertz CT molecular complexity index is 123. The van der Waals surface area contributed by atoms with E-state index in [4.69, 9.17) is 0 Å². The Morgan fingerprint density at radius 3 is 2.36 bits per heavy atom. The Kier molecular flexibility index (Phi) is 3.85. The maximum atomic E-state index is 3.92. The van der Waals surface area contributed by atoms with Crippen LogP contribution in [0.25, 0.3) is 0 Å². The van der Waals surface area contributed by atoms with Gasteiger partial charge in [0.25, 0.3) is 0 Å². The first-order valence-electron chi connectivity index (χ1n) is 4.86. The molecule has 1 aliphatic heterocycles. The lowest BCUT2D eigenvalue weighted by Gasteiger charge is -2.35. The summed E-state index contributed by atoms with van der Waals surface area (Å²) < 4.78 is 0. The van der Waals surface area contributed by atoms with Gasteiger partial charge < -0.3 is 0 Å². The Morgan fingerprint density at radius 1 is 1.36 bits per heavy atom. The molecule has 0 nitrogen and oxygen atoms in total. The van der Waals surface area contributed by atoms with Gasteiger partial charge in [-0.1, -0.05) is 50.1 Å². The molecule has 1 rings (SSSR count). The summed E-state index contributed by atoms with van der Waals surface area (Å²) in [7, 11) is -1.06. The zero-order valence-corrected chi connectivity index (χ0v) is 11.4. The van der Waals surface area contributed by atoms with Crippen LogP contribution >= 0.6 is 15.3 Å². The molecule has 66 valence electrons. The third-order valence-corrected chi connectivity index (χ3v) is 18.4. The van der Waals surface area contributed by atoms with Gasteiger partial charge >= 0.3 is 0 Å². The van der Waals surface area contributed by atoms with Crippen LogP contribution in [0.3, 0.4) is 0 Å². The molecule has 1 heterocycles. The fourth-order valence-corrected chi connectivity index (χ4v) is 20.3. The molecule has 1 aliphatic rings. The van der Waals surface area contributed by atoms with E-state index in [1.807, 2.05) is 0 Å². The van der Waals surface area contributed by atoms with Crippen LogP contribution in [0.2, 0.25) is 29.8 Å². The van der Waals surface area contributed by atoms with Gasteiger partial charge in [0.1, 0.15) is 7.42 Å². The van der Waals surface area contributed by atoms with Crippen LogP contribution in [0, 0.1) is 0 Å². The van der Waals surface area contributed by atoms with E-state index in [2.05, 4.69) is 29.1 Å². The van der Waals surface area contributed by atoms with E-state index in [0.717, 1.165) is 0 Å². The molecule has 0 radical (unpaired) electrons. The molecule has 0 spiro atoms. The second-order valence-corrected chi connectivity index (χ2v) is 16.1. The summed E-state index contributed by atoms with van der Waals surface area (Å²) in [5, 5.41) is 0. The maximum absolute atomic E-state index is 3.92. The minimum Gasteiger partial charge on any atom is -0.131 e. The van der Waals surface area contributed by atoms with E-state index in [-0.39, 0.29) is 7.42 Å². The SMILES string of the molecule is CC[Si]1(CC)CCC[SiH](Br)C1. The molecule has 0 aliphatic carbocycles. The summed E-state index contributed by atoms with van der Waals surface area (Å²) >= 11 is 3.92. The predicted octanol–water partition coefficient (Wildman–Crippen LogP) is 3.54. The van der Waals surface area contributed by atoms with Crippen LogP contribution in [-0.4, -0.2) is 15.5 Å². The average molecular weight is 251 g/mol. The molecular formula is C8H19BrSi2.